The number of nitrogens with one attached hydrogen (secondary N) is 1. The second-order valence-corrected chi connectivity index (χ2v) is 12.0. The van der Waals surface area contributed by atoms with Gasteiger partial charge in [0.15, 0.2) is 11.5 Å². The maximum atomic E-state index is 13.0. The molecule has 3 aromatic rings. The summed E-state index contributed by atoms with van der Waals surface area (Å²) in [4.78, 5) is 42.7. The van der Waals surface area contributed by atoms with E-state index in [0.29, 0.717) is 18.8 Å². The molecule has 0 saturated carbocycles. The lowest BCUT2D eigenvalue weighted by molar-refractivity contribution is -0.130. The predicted molar refractivity (Wildman–Crippen MR) is 163 cm³/mol. The molecule has 0 aliphatic carbocycles. The number of piperazine rings is 1. The zero-order chi connectivity index (χ0) is 30.0. The molecule has 0 spiro atoms. The predicted octanol–water partition coefficient (Wildman–Crippen LogP) is 6.42. The molecular formula is C28H23Cl4N3O6S. The lowest BCUT2D eigenvalue weighted by atomic mass is 10.1. The lowest BCUT2D eigenvalue weighted by Crippen LogP contribution is -2.48. The monoisotopic (exact) mass is 669 g/mol. The van der Waals surface area contributed by atoms with Crippen LogP contribution < -0.4 is 14.8 Å². The van der Waals surface area contributed by atoms with Gasteiger partial charge < -0.3 is 24.8 Å². The van der Waals surface area contributed by atoms with Crippen molar-refractivity contribution in [1.82, 2.24) is 9.80 Å². The standard InChI is InChI=1S/C28H23Cl4N3O6S/c29-23-21(22(28(38)39)24(30)26(32)25(23)31)27(37)33-16-2-1-3-17(11-16)42-13-20(36)35-8-6-34(7-9-35)12-15-4-5-18-19(10-15)41-14-40-18/h1-5,10-11H,6-9,12-14H2,(H,33,37)(H,38,39). The second kappa shape index (κ2) is 13.2. The van der Waals surface area contributed by atoms with E-state index in [-0.39, 0.29) is 38.5 Å². The van der Waals surface area contributed by atoms with Crippen LogP contribution in [0.25, 0.3) is 0 Å². The van der Waals surface area contributed by atoms with E-state index in [1.807, 2.05) is 29.2 Å². The van der Waals surface area contributed by atoms with Gasteiger partial charge in [-0.3, -0.25) is 14.5 Å². The summed E-state index contributed by atoms with van der Waals surface area (Å²) in [5.41, 5.74) is 0.532. The zero-order valence-electron chi connectivity index (χ0n) is 21.8. The SMILES string of the molecule is O=C(O)c1c(Cl)c(Cl)c(Cl)c(Cl)c1C(=O)Nc1cccc(SCC(=O)N2CCN(Cc3ccc4c(c3)OCO4)CC2)c1. The van der Waals surface area contributed by atoms with Gasteiger partial charge in [0.2, 0.25) is 12.7 Å². The fourth-order valence-corrected chi connectivity index (χ4v) is 6.47. The van der Waals surface area contributed by atoms with Crippen molar-refractivity contribution in [3.05, 3.63) is 79.2 Å². The van der Waals surface area contributed by atoms with Crippen molar-refractivity contribution in [3.8, 4) is 11.5 Å². The Bertz CT molecular complexity index is 1570. The number of fused-ring (bicyclic) bond motifs is 1. The minimum Gasteiger partial charge on any atom is -0.478 e. The molecule has 14 heteroatoms. The van der Waals surface area contributed by atoms with Crippen LogP contribution in [0.3, 0.4) is 0 Å². The van der Waals surface area contributed by atoms with E-state index >= 15 is 0 Å². The summed E-state index contributed by atoms with van der Waals surface area (Å²) < 4.78 is 10.8. The summed E-state index contributed by atoms with van der Waals surface area (Å²) in [6.45, 7) is 3.77. The molecule has 0 atom stereocenters. The van der Waals surface area contributed by atoms with Crippen LogP contribution in [-0.2, 0) is 11.3 Å². The van der Waals surface area contributed by atoms with Gasteiger partial charge in [-0.15, -0.1) is 11.8 Å². The number of rotatable bonds is 8. The summed E-state index contributed by atoms with van der Waals surface area (Å²) >= 11 is 25.6. The van der Waals surface area contributed by atoms with Crippen molar-refractivity contribution < 1.29 is 29.0 Å². The Kier molecular flexibility index (Phi) is 9.61. The first kappa shape index (κ1) is 30.6. The first-order chi connectivity index (χ1) is 20.1. The third-order valence-electron chi connectivity index (χ3n) is 6.73. The summed E-state index contributed by atoms with van der Waals surface area (Å²) in [5.74, 6) is -0.559. The maximum absolute atomic E-state index is 13.0. The molecule has 1 saturated heterocycles. The molecule has 0 bridgehead atoms. The second-order valence-electron chi connectivity index (χ2n) is 9.43. The molecule has 2 aliphatic rings. The minimum atomic E-state index is -1.48. The van der Waals surface area contributed by atoms with Crippen LogP contribution >= 0.6 is 58.2 Å². The molecule has 0 radical (unpaired) electrons. The Hall–Kier alpha value is -2.86. The molecule has 2 aliphatic heterocycles. The number of hydrogen-bond donors (Lipinski definition) is 2. The first-order valence-electron chi connectivity index (χ1n) is 12.6. The molecule has 2 amide bonds. The summed E-state index contributed by atoms with van der Waals surface area (Å²) in [7, 11) is 0. The Morgan fingerprint density at radius 1 is 0.857 bits per heavy atom. The summed E-state index contributed by atoms with van der Waals surface area (Å²) in [5, 5.41) is 11.0. The molecule has 0 unspecified atom stereocenters. The van der Waals surface area contributed by atoms with E-state index in [9.17, 15) is 19.5 Å². The number of carboxylic acids is 1. The van der Waals surface area contributed by atoms with Crippen molar-refractivity contribution in [2.45, 2.75) is 11.4 Å². The number of anilines is 1. The molecule has 220 valence electrons. The molecular weight excluding hydrogens is 648 g/mol. The first-order valence-corrected chi connectivity index (χ1v) is 15.1. The number of benzene rings is 3. The fraction of sp³-hybridized carbons (Fsp3) is 0.250. The van der Waals surface area contributed by atoms with Crippen molar-refractivity contribution in [1.29, 1.82) is 0 Å². The average Bonchev–Trinajstić information content (AvgIpc) is 3.45. The van der Waals surface area contributed by atoms with Gasteiger partial charge in [-0.25, -0.2) is 4.79 Å². The van der Waals surface area contributed by atoms with E-state index in [1.165, 1.54) is 11.8 Å². The van der Waals surface area contributed by atoms with Gasteiger partial charge >= 0.3 is 5.97 Å². The lowest BCUT2D eigenvalue weighted by Gasteiger charge is -2.34. The molecule has 3 aromatic carbocycles. The number of nitrogens with zero attached hydrogens (tertiary/aromatic N) is 2. The molecule has 9 nitrogen and oxygen atoms in total. The van der Waals surface area contributed by atoms with Gasteiger partial charge in [-0.2, -0.15) is 0 Å². The normalized spacial score (nSPS) is 14.6. The molecule has 5 rings (SSSR count). The molecule has 0 aromatic heterocycles. The van der Waals surface area contributed by atoms with E-state index < -0.39 is 23.0 Å². The quantitative estimate of drug-likeness (QED) is 0.161. The van der Waals surface area contributed by atoms with Crippen LogP contribution in [0.5, 0.6) is 11.5 Å². The number of ether oxygens (including phenoxy) is 2. The van der Waals surface area contributed by atoms with Crippen molar-refractivity contribution in [2.75, 3.05) is 44.0 Å². The van der Waals surface area contributed by atoms with Gasteiger partial charge in [0.1, 0.15) is 0 Å². The minimum absolute atomic E-state index is 0.0143. The summed E-state index contributed by atoms with van der Waals surface area (Å²) in [6.07, 6.45) is 0. The van der Waals surface area contributed by atoms with Crippen LogP contribution in [0, 0.1) is 0 Å². The number of carboxylic acid groups (broad SMARTS) is 1. The van der Waals surface area contributed by atoms with Crippen LogP contribution in [-0.4, -0.2) is 71.4 Å². The number of amides is 2. The van der Waals surface area contributed by atoms with Gasteiger partial charge in [0.25, 0.3) is 5.91 Å². The number of thioether (sulfide) groups is 1. The Morgan fingerprint density at radius 2 is 1.55 bits per heavy atom. The molecule has 42 heavy (non-hydrogen) atoms. The van der Waals surface area contributed by atoms with Gasteiger partial charge in [-0.1, -0.05) is 58.5 Å². The number of hydrogen-bond acceptors (Lipinski definition) is 7. The van der Waals surface area contributed by atoms with Gasteiger partial charge in [-0.05, 0) is 35.9 Å². The van der Waals surface area contributed by atoms with E-state index in [4.69, 9.17) is 55.9 Å². The number of halogens is 4. The van der Waals surface area contributed by atoms with Crippen LogP contribution in [0.1, 0.15) is 26.3 Å². The smallest absolute Gasteiger partial charge is 0.338 e. The number of carbonyl (C=O) groups is 3. The largest absolute Gasteiger partial charge is 0.478 e. The van der Waals surface area contributed by atoms with Crippen LogP contribution in [0.4, 0.5) is 5.69 Å². The highest BCUT2D eigenvalue weighted by Gasteiger charge is 2.29. The van der Waals surface area contributed by atoms with E-state index in [0.717, 1.165) is 41.6 Å². The van der Waals surface area contributed by atoms with E-state index in [2.05, 4.69) is 10.2 Å². The highest BCUT2D eigenvalue weighted by atomic mass is 35.5. The van der Waals surface area contributed by atoms with Crippen molar-refractivity contribution in [3.63, 3.8) is 0 Å². The van der Waals surface area contributed by atoms with Crippen LogP contribution in [0.15, 0.2) is 47.4 Å². The van der Waals surface area contributed by atoms with Crippen molar-refractivity contribution in [2.24, 2.45) is 0 Å². The highest BCUT2D eigenvalue weighted by Crippen LogP contribution is 2.42. The Balaban J connectivity index is 1.15. The zero-order valence-corrected chi connectivity index (χ0v) is 25.6. The summed E-state index contributed by atoms with van der Waals surface area (Å²) in [6, 6.07) is 12.7. The molecule has 2 N–H and O–H groups in total. The fourth-order valence-electron chi connectivity index (χ4n) is 4.59. The van der Waals surface area contributed by atoms with Gasteiger partial charge in [0.05, 0.1) is 37.0 Å². The Morgan fingerprint density at radius 3 is 2.26 bits per heavy atom. The number of carbonyl (C=O) groups excluding carboxylic acids is 2. The number of aromatic carboxylic acids is 1. The molecule has 2 heterocycles. The van der Waals surface area contributed by atoms with Crippen molar-refractivity contribution >= 4 is 81.6 Å². The van der Waals surface area contributed by atoms with Gasteiger partial charge in [0, 0.05) is 43.3 Å². The maximum Gasteiger partial charge on any atom is 0.338 e. The highest BCUT2D eigenvalue weighted by molar-refractivity contribution is 8.00. The topological polar surface area (TPSA) is 108 Å². The van der Waals surface area contributed by atoms with Crippen LogP contribution in [0.2, 0.25) is 20.1 Å². The Labute approximate surface area is 265 Å². The van der Waals surface area contributed by atoms with E-state index in [1.54, 1.807) is 18.2 Å². The molecule has 1 fully saturated rings. The average molecular weight is 671 g/mol. The third kappa shape index (κ3) is 6.69. The third-order valence-corrected chi connectivity index (χ3v) is 9.51.